The van der Waals surface area contributed by atoms with Crippen molar-refractivity contribution in [3.63, 3.8) is 0 Å². The molecule has 5 rings (SSSR count). The highest BCUT2D eigenvalue weighted by atomic mass is 35.5. The van der Waals surface area contributed by atoms with Crippen LogP contribution in [-0.4, -0.2) is 52.6 Å². The summed E-state index contributed by atoms with van der Waals surface area (Å²) in [6, 6.07) is 19.2. The molecule has 1 amide bonds. The second-order valence-corrected chi connectivity index (χ2v) is 9.11. The molecular weight excluding hydrogens is 551 g/mol. The number of fused-ring (bicyclic) bond motifs is 1. The molecule has 1 aliphatic heterocycles. The number of hydrogen-bond donors (Lipinski definition) is 1. The number of carbonyl (C=O) groups excluding carboxylic acids is 1. The highest BCUT2D eigenvalue weighted by Crippen LogP contribution is 2.34. The fraction of sp³-hybridized carbons (Fsp3) is 0.214. The number of rotatable bonds is 7. The zero-order valence-corrected chi connectivity index (χ0v) is 22.0. The van der Waals surface area contributed by atoms with Gasteiger partial charge in [0.25, 0.3) is 5.91 Å². The third-order valence-electron chi connectivity index (χ3n) is 6.08. The van der Waals surface area contributed by atoms with Gasteiger partial charge >= 0.3 is 12.1 Å². The highest BCUT2D eigenvalue weighted by Gasteiger charge is 2.38. The van der Waals surface area contributed by atoms with Gasteiger partial charge in [-0.3, -0.25) is 4.79 Å². The summed E-state index contributed by atoms with van der Waals surface area (Å²) in [5.74, 6) is -1.53. The number of carboxylic acids is 1. The van der Waals surface area contributed by atoms with E-state index >= 15 is 0 Å². The smallest absolute Gasteiger partial charge is 0.490 e. The maximum absolute atomic E-state index is 13.3. The number of aliphatic carboxylic acids is 1. The summed E-state index contributed by atoms with van der Waals surface area (Å²) in [5, 5.41) is 7.82. The minimum Gasteiger partial charge on any atom is -0.493 e. The van der Waals surface area contributed by atoms with E-state index in [1.807, 2.05) is 83.8 Å². The number of benzene rings is 2. The fourth-order valence-corrected chi connectivity index (χ4v) is 4.22. The van der Waals surface area contributed by atoms with Crippen LogP contribution in [-0.2, 0) is 17.9 Å². The van der Waals surface area contributed by atoms with Crippen LogP contribution in [0.3, 0.4) is 0 Å². The maximum atomic E-state index is 13.3. The predicted octanol–water partition coefficient (Wildman–Crippen LogP) is 5.99. The Bertz CT molecular complexity index is 1470. The average molecular weight is 576 g/mol. The summed E-state index contributed by atoms with van der Waals surface area (Å²) < 4.78 is 47.3. The number of amides is 1. The van der Waals surface area contributed by atoms with E-state index in [2.05, 4.69) is 4.57 Å². The van der Waals surface area contributed by atoms with Crippen LogP contribution in [0.5, 0.6) is 11.5 Å². The molecule has 0 unspecified atom stereocenters. The lowest BCUT2D eigenvalue weighted by atomic mass is 10.1. The number of ether oxygens (including phenoxy) is 2. The van der Waals surface area contributed by atoms with Gasteiger partial charge in [0.1, 0.15) is 12.3 Å². The lowest BCUT2D eigenvalue weighted by molar-refractivity contribution is -0.192. The Hall–Kier alpha value is -4.38. The van der Waals surface area contributed by atoms with Crippen LogP contribution in [0, 0.1) is 0 Å². The molecule has 210 valence electrons. The third-order valence-corrected chi connectivity index (χ3v) is 6.33. The largest absolute Gasteiger partial charge is 0.493 e. The van der Waals surface area contributed by atoms with Gasteiger partial charge in [0.2, 0.25) is 0 Å². The monoisotopic (exact) mass is 575 g/mol. The van der Waals surface area contributed by atoms with E-state index in [0.29, 0.717) is 41.9 Å². The molecule has 12 heteroatoms. The van der Waals surface area contributed by atoms with Gasteiger partial charge in [0.15, 0.2) is 11.5 Å². The van der Waals surface area contributed by atoms with Crippen molar-refractivity contribution >= 4 is 29.2 Å². The number of carbonyl (C=O) groups is 2. The molecule has 40 heavy (non-hydrogen) atoms. The lowest BCUT2D eigenvalue weighted by Crippen LogP contribution is -2.39. The van der Waals surface area contributed by atoms with Crippen LogP contribution in [0.1, 0.15) is 10.5 Å². The van der Waals surface area contributed by atoms with Gasteiger partial charge in [-0.2, -0.15) is 13.2 Å². The Morgan fingerprint density at radius 3 is 2.30 bits per heavy atom. The number of aromatic nitrogens is 2. The van der Waals surface area contributed by atoms with E-state index in [1.165, 1.54) is 0 Å². The summed E-state index contributed by atoms with van der Waals surface area (Å²) in [5.41, 5.74) is 3.48. The maximum Gasteiger partial charge on any atom is 0.490 e. The molecule has 0 fully saturated rings. The SMILES string of the molecule is COc1cc(N2CCn3cc(-c4ccc(Cl)cc4)cc3C2=O)ccc1OCCn1cccc1.O=C(O)C(F)(F)F. The molecule has 0 bridgehead atoms. The van der Waals surface area contributed by atoms with E-state index in [0.717, 1.165) is 23.4 Å². The zero-order valence-electron chi connectivity index (χ0n) is 21.3. The molecule has 2 aromatic carbocycles. The second-order valence-electron chi connectivity index (χ2n) is 8.68. The van der Waals surface area contributed by atoms with Crippen LogP contribution in [0.2, 0.25) is 5.02 Å². The minimum absolute atomic E-state index is 0.0372. The van der Waals surface area contributed by atoms with Gasteiger partial charge in [0.05, 0.1) is 13.7 Å². The van der Waals surface area contributed by atoms with Crippen molar-refractivity contribution in [3.05, 3.63) is 90.0 Å². The van der Waals surface area contributed by atoms with E-state index in [4.69, 9.17) is 31.0 Å². The van der Waals surface area contributed by atoms with E-state index < -0.39 is 12.1 Å². The molecule has 0 aliphatic carbocycles. The Morgan fingerprint density at radius 2 is 1.68 bits per heavy atom. The van der Waals surface area contributed by atoms with Crippen molar-refractivity contribution in [2.24, 2.45) is 0 Å². The van der Waals surface area contributed by atoms with Crippen LogP contribution < -0.4 is 14.4 Å². The first-order valence-corrected chi connectivity index (χ1v) is 12.4. The summed E-state index contributed by atoms with van der Waals surface area (Å²) in [6.45, 7) is 2.56. The fourth-order valence-electron chi connectivity index (χ4n) is 4.09. The molecule has 4 aromatic rings. The molecule has 3 heterocycles. The quantitative estimate of drug-likeness (QED) is 0.292. The van der Waals surface area contributed by atoms with E-state index in [9.17, 15) is 18.0 Å². The third kappa shape index (κ3) is 6.78. The first-order chi connectivity index (χ1) is 19.1. The van der Waals surface area contributed by atoms with E-state index in [-0.39, 0.29) is 5.91 Å². The van der Waals surface area contributed by atoms with Gasteiger partial charge < -0.3 is 28.6 Å². The van der Waals surface area contributed by atoms with Crippen LogP contribution >= 0.6 is 11.6 Å². The van der Waals surface area contributed by atoms with Gasteiger partial charge in [-0.05, 0) is 48.0 Å². The minimum atomic E-state index is -5.08. The molecule has 1 N–H and O–H groups in total. The van der Waals surface area contributed by atoms with Crippen molar-refractivity contribution < 1.29 is 37.3 Å². The van der Waals surface area contributed by atoms with Crippen LogP contribution in [0.25, 0.3) is 11.1 Å². The second kappa shape index (κ2) is 12.2. The van der Waals surface area contributed by atoms with Crippen molar-refractivity contribution in [1.29, 1.82) is 0 Å². The summed E-state index contributed by atoms with van der Waals surface area (Å²) in [6.07, 6.45) is 0.940. The Balaban J connectivity index is 0.000000470. The van der Waals surface area contributed by atoms with Gasteiger partial charge in [-0.1, -0.05) is 23.7 Å². The van der Waals surface area contributed by atoms with E-state index in [1.54, 1.807) is 12.0 Å². The standard InChI is InChI=1S/C26H24ClN3O3.C2HF3O2/c1-32-25-17-22(8-9-24(25)33-15-14-28-10-2-3-11-28)30-13-12-29-18-20(16-23(29)26(30)31)19-4-6-21(27)7-5-19;3-2(4,5)1(6)7/h2-11,16-18H,12-15H2,1H3;(H,6,7). The first kappa shape index (κ1) is 28.6. The molecule has 0 saturated heterocycles. The number of alkyl halides is 3. The van der Waals surface area contributed by atoms with Gasteiger partial charge in [-0.15, -0.1) is 0 Å². The summed E-state index contributed by atoms with van der Waals surface area (Å²) in [4.78, 5) is 24.0. The molecule has 0 saturated carbocycles. The Labute approximate surface area is 232 Å². The summed E-state index contributed by atoms with van der Waals surface area (Å²) >= 11 is 6.01. The van der Waals surface area contributed by atoms with Gasteiger partial charge in [-0.25, -0.2) is 4.79 Å². The highest BCUT2D eigenvalue weighted by molar-refractivity contribution is 6.30. The molecule has 8 nitrogen and oxygen atoms in total. The zero-order chi connectivity index (χ0) is 28.9. The molecule has 0 atom stereocenters. The number of halogens is 4. The van der Waals surface area contributed by atoms with Crippen molar-refractivity contribution in [2.45, 2.75) is 19.3 Å². The number of carboxylic acid groups (broad SMARTS) is 1. The van der Waals surface area contributed by atoms with Crippen molar-refractivity contribution in [2.75, 3.05) is 25.2 Å². The van der Waals surface area contributed by atoms with Gasteiger partial charge in [0, 0.05) is 54.0 Å². The molecule has 0 spiro atoms. The normalized spacial score (nSPS) is 12.8. The Kier molecular flexibility index (Phi) is 8.73. The van der Waals surface area contributed by atoms with Crippen molar-refractivity contribution in [1.82, 2.24) is 9.13 Å². The summed E-state index contributed by atoms with van der Waals surface area (Å²) in [7, 11) is 1.61. The number of methoxy groups -OCH3 is 1. The lowest BCUT2D eigenvalue weighted by Gasteiger charge is -2.29. The number of anilines is 1. The average Bonchev–Trinajstić information content (AvgIpc) is 3.60. The number of hydrogen-bond acceptors (Lipinski definition) is 4. The molecule has 0 radical (unpaired) electrons. The van der Waals surface area contributed by atoms with Crippen molar-refractivity contribution in [3.8, 4) is 22.6 Å². The topological polar surface area (TPSA) is 85.9 Å². The molecule has 1 aliphatic rings. The molecular formula is C28H25ClF3N3O5. The molecule has 2 aromatic heterocycles. The predicted molar refractivity (Wildman–Crippen MR) is 143 cm³/mol. The van der Waals surface area contributed by atoms with Crippen LogP contribution in [0.15, 0.2) is 79.3 Å². The first-order valence-electron chi connectivity index (χ1n) is 12.1. The van der Waals surface area contributed by atoms with Crippen LogP contribution in [0.4, 0.5) is 18.9 Å². The number of nitrogens with zero attached hydrogens (tertiary/aromatic N) is 3. The Morgan fingerprint density at radius 1 is 1.00 bits per heavy atom.